The summed E-state index contributed by atoms with van der Waals surface area (Å²) in [6, 6.07) is 11.3. The zero-order chi connectivity index (χ0) is 16.9. The molecular weight excluding hydrogens is 324 g/mol. The quantitative estimate of drug-likeness (QED) is 0.891. The predicted octanol–water partition coefficient (Wildman–Crippen LogP) is 3.95. The molecule has 1 aliphatic heterocycles. The molecule has 0 spiro atoms. The molecule has 0 aliphatic carbocycles. The van der Waals surface area contributed by atoms with Crippen LogP contribution in [0.1, 0.15) is 25.5 Å². The number of furan rings is 1. The number of nitrogens with one attached hydrogen (secondary N) is 1. The third-order valence-corrected chi connectivity index (χ3v) is 4.61. The van der Waals surface area contributed by atoms with Gasteiger partial charge in [0.1, 0.15) is 11.5 Å². The molecule has 1 aromatic heterocycles. The molecule has 5 heteroatoms. The van der Waals surface area contributed by atoms with Crippen LogP contribution >= 0.6 is 11.6 Å². The molecule has 1 unspecified atom stereocenters. The topological polar surface area (TPSA) is 45.5 Å². The van der Waals surface area contributed by atoms with E-state index in [1.807, 2.05) is 36.4 Å². The first-order chi connectivity index (χ1) is 11.6. The Morgan fingerprint density at radius 2 is 2.08 bits per heavy atom. The second kappa shape index (κ2) is 7.86. The van der Waals surface area contributed by atoms with Gasteiger partial charge < -0.3 is 9.73 Å². The molecule has 1 atom stereocenters. The molecule has 0 saturated carbocycles. The Morgan fingerprint density at radius 3 is 2.83 bits per heavy atom. The standard InChI is InChI=1S/C19H23ClN2O2/c1-14-3-2-10-22(12-14)13-19(23)21-11-17-8-9-18(24-17)15-4-6-16(20)7-5-15/h4-9,14H,2-3,10-13H2,1H3,(H,21,23). The summed E-state index contributed by atoms with van der Waals surface area (Å²) in [5, 5.41) is 3.64. The van der Waals surface area contributed by atoms with Crippen molar-refractivity contribution in [2.24, 2.45) is 5.92 Å². The lowest BCUT2D eigenvalue weighted by atomic mass is 10.0. The van der Waals surface area contributed by atoms with Gasteiger partial charge in [-0.05, 0) is 61.7 Å². The Morgan fingerprint density at radius 1 is 1.29 bits per heavy atom. The fraction of sp³-hybridized carbons (Fsp3) is 0.421. The van der Waals surface area contributed by atoms with E-state index < -0.39 is 0 Å². The molecule has 3 rings (SSSR count). The van der Waals surface area contributed by atoms with E-state index in [9.17, 15) is 4.79 Å². The summed E-state index contributed by atoms with van der Waals surface area (Å²) in [6.45, 7) is 5.14. The molecule has 2 aromatic rings. The summed E-state index contributed by atoms with van der Waals surface area (Å²) in [6.07, 6.45) is 2.44. The minimum Gasteiger partial charge on any atom is -0.459 e. The predicted molar refractivity (Wildman–Crippen MR) is 95.8 cm³/mol. The molecule has 1 aliphatic rings. The van der Waals surface area contributed by atoms with Crippen molar-refractivity contribution in [2.45, 2.75) is 26.3 Å². The number of hydrogen-bond donors (Lipinski definition) is 1. The highest BCUT2D eigenvalue weighted by atomic mass is 35.5. The lowest BCUT2D eigenvalue weighted by Crippen LogP contribution is -2.41. The second-order valence-corrected chi connectivity index (χ2v) is 6.97. The first-order valence-corrected chi connectivity index (χ1v) is 8.81. The number of benzene rings is 1. The van der Waals surface area contributed by atoms with Crippen LogP contribution in [0.5, 0.6) is 0 Å². The van der Waals surface area contributed by atoms with E-state index in [1.54, 1.807) is 0 Å². The third kappa shape index (κ3) is 4.62. The summed E-state index contributed by atoms with van der Waals surface area (Å²) in [5.41, 5.74) is 0.972. The zero-order valence-corrected chi connectivity index (χ0v) is 14.7. The van der Waals surface area contributed by atoms with Gasteiger partial charge in [-0.1, -0.05) is 18.5 Å². The second-order valence-electron chi connectivity index (χ2n) is 6.53. The lowest BCUT2D eigenvalue weighted by molar-refractivity contribution is -0.122. The van der Waals surface area contributed by atoms with Gasteiger partial charge in [0.15, 0.2) is 0 Å². The highest BCUT2D eigenvalue weighted by molar-refractivity contribution is 6.30. The number of hydrogen-bond acceptors (Lipinski definition) is 3. The van der Waals surface area contributed by atoms with Gasteiger partial charge in [-0.25, -0.2) is 0 Å². The van der Waals surface area contributed by atoms with Crippen molar-refractivity contribution >= 4 is 17.5 Å². The fourth-order valence-electron chi connectivity index (χ4n) is 3.12. The molecule has 2 heterocycles. The maximum atomic E-state index is 12.1. The highest BCUT2D eigenvalue weighted by Gasteiger charge is 2.18. The molecule has 24 heavy (non-hydrogen) atoms. The van der Waals surface area contributed by atoms with Crippen LogP contribution in [0.3, 0.4) is 0 Å². The summed E-state index contributed by atoms with van der Waals surface area (Å²) in [7, 11) is 0. The molecule has 128 valence electrons. The van der Waals surface area contributed by atoms with Crippen LogP contribution in [0.2, 0.25) is 5.02 Å². The zero-order valence-electron chi connectivity index (χ0n) is 13.9. The van der Waals surface area contributed by atoms with E-state index in [1.165, 1.54) is 12.8 Å². The van der Waals surface area contributed by atoms with E-state index in [0.29, 0.717) is 24.0 Å². The van der Waals surface area contributed by atoms with Crippen molar-refractivity contribution in [3.63, 3.8) is 0 Å². The number of likely N-dealkylation sites (tertiary alicyclic amines) is 1. The van der Waals surface area contributed by atoms with Crippen LogP contribution in [0.4, 0.5) is 0 Å². The normalized spacial score (nSPS) is 18.5. The van der Waals surface area contributed by atoms with Crippen LogP contribution in [0.15, 0.2) is 40.8 Å². The van der Waals surface area contributed by atoms with E-state index in [-0.39, 0.29) is 5.91 Å². The van der Waals surface area contributed by atoms with Gasteiger partial charge in [-0.2, -0.15) is 0 Å². The lowest BCUT2D eigenvalue weighted by Gasteiger charge is -2.30. The van der Waals surface area contributed by atoms with Crippen molar-refractivity contribution in [1.29, 1.82) is 0 Å². The molecule has 0 radical (unpaired) electrons. The van der Waals surface area contributed by atoms with Crippen LogP contribution in [0, 0.1) is 5.92 Å². The molecular formula is C19H23ClN2O2. The molecule has 1 fully saturated rings. The molecule has 0 bridgehead atoms. The number of halogens is 1. The van der Waals surface area contributed by atoms with Crippen LogP contribution in [0.25, 0.3) is 11.3 Å². The Kier molecular flexibility index (Phi) is 5.59. The van der Waals surface area contributed by atoms with Gasteiger partial charge in [0.05, 0.1) is 13.1 Å². The van der Waals surface area contributed by atoms with Crippen molar-refractivity contribution in [2.75, 3.05) is 19.6 Å². The van der Waals surface area contributed by atoms with Crippen LogP contribution in [-0.4, -0.2) is 30.4 Å². The SMILES string of the molecule is CC1CCCN(CC(=O)NCc2ccc(-c3ccc(Cl)cc3)o2)C1. The summed E-state index contributed by atoms with van der Waals surface area (Å²) in [4.78, 5) is 14.3. The maximum Gasteiger partial charge on any atom is 0.234 e. The largest absolute Gasteiger partial charge is 0.459 e. The van der Waals surface area contributed by atoms with E-state index >= 15 is 0 Å². The first kappa shape index (κ1) is 17.1. The third-order valence-electron chi connectivity index (χ3n) is 4.36. The smallest absolute Gasteiger partial charge is 0.234 e. The van der Waals surface area contributed by atoms with Gasteiger partial charge in [-0.15, -0.1) is 0 Å². The number of nitrogens with zero attached hydrogens (tertiary/aromatic N) is 1. The first-order valence-electron chi connectivity index (χ1n) is 8.44. The fourth-order valence-corrected chi connectivity index (χ4v) is 3.24. The average Bonchev–Trinajstić information content (AvgIpc) is 3.03. The van der Waals surface area contributed by atoms with Crippen LogP contribution in [-0.2, 0) is 11.3 Å². The Labute approximate surface area is 147 Å². The van der Waals surface area contributed by atoms with Gasteiger partial charge in [0, 0.05) is 17.1 Å². The number of amides is 1. The van der Waals surface area contributed by atoms with Gasteiger partial charge in [-0.3, -0.25) is 9.69 Å². The van der Waals surface area contributed by atoms with Gasteiger partial charge >= 0.3 is 0 Å². The molecule has 1 aromatic carbocycles. The number of carbonyl (C=O) groups excluding carboxylic acids is 1. The molecule has 1 saturated heterocycles. The van der Waals surface area contributed by atoms with Crippen molar-refractivity contribution in [3.05, 3.63) is 47.2 Å². The summed E-state index contributed by atoms with van der Waals surface area (Å²) in [5.74, 6) is 2.26. The minimum absolute atomic E-state index is 0.0496. The van der Waals surface area contributed by atoms with Gasteiger partial charge in [0.25, 0.3) is 0 Å². The summed E-state index contributed by atoms with van der Waals surface area (Å²) >= 11 is 5.90. The Balaban J connectivity index is 1.50. The van der Waals surface area contributed by atoms with Gasteiger partial charge in [0.2, 0.25) is 5.91 Å². The van der Waals surface area contributed by atoms with Crippen molar-refractivity contribution in [1.82, 2.24) is 10.2 Å². The maximum absolute atomic E-state index is 12.1. The number of rotatable bonds is 5. The monoisotopic (exact) mass is 346 g/mol. The highest BCUT2D eigenvalue weighted by Crippen LogP contribution is 2.23. The summed E-state index contributed by atoms with van der Waals surface area (Å²) < 4.78 is 5.80. The van der Waals surface area contributed by atoms with E-state index in [2.05, 4.69) is 17.1 Å². The minimum atomic E-state index is 0.0496. The molecule has 4 nitrogen and oxygen atoms in total. The number of carbonyl (C=O) groups is 1. The Bertz CT molecular complexity index is 681. The number of piperidine rings is 1. The van der Waals surface area contributed by atoms with E-state index in [4.69, 9.17) is 16.0 Å². The van der Waals surface area contributed by atoms with Crippen molar-refractivity contribution < 1.29 is 9.21 Å². The Hall–Kier alpha value is -1.78. The molecule has 1 N–H and O–H groups in total. The van der Waals surface area contributed by atoms with Crippen molar-refractivity contribution in [3.8, 4) is 11.3 Å². The molecule has 1 amide bonds. The van der Waals surface area contributed by atoms with E-state index in [0.717, 1.165) is 30.2 Å². The average molecular weight is 347 g/mol. The van der Waals surface area contributed by atoms with Crippen LogP contribution < -0.4 is 5.32 Å².